The highest BCUT2D eigenvalue weighted by atomic mass is 28.4. The van der Waals surface area contributed by atoms with Crippen LogP contribution in [0.4, 0.5) is 0 Å². The predicted octanol–water partition coefficient (Wildman–Crippen LogP) is 7.89. The highest BCUT2D eigenvalue weighted by molar-refractivity contribution is 6.74. The van der Waals surface area contributed by atoms with E-state index in [1.807, 2.05) is 6.07 Å². The Morgan fingerprint density at radius 1 is 0.742 bits per heavy atom. The van der Waals surface area contributed by atoms with Gasteiger partial charge in [-0.2, -0.15) is 0 Å². The molecule has 0 aliphatic carbocycles. The van der Waals surface area contributed by atoms with Crippen LogP contribution < -0.4 is 0 Å². The molecule has 5 heteroatoms. The minimum Gasteiger partial charge on any atom is -0.416 e. The van der Waals surface area contributed by atoms with E-state index in [-0.39, 0.29) is 16.2 Å². The summed E-state index contributed by atoms with van der Waals surface area (Å²) in [4.78, 5) is 0. The summed E-state index contributed by atoms with van der Waals surface area (Å²) >= 11 is 0. The van der Waals surface area contributed by atoms with Crippen LogP contribution in [0.5, 0.6) is 0 Å². The molecule has 0 amide bonds. The van der Waals surface area contributed by atoms with Crippen molar-refractivity contribution in [2.45, 2.75) is 104 Å². The molecule has 0 heterocycles. The van der Waals surface area contributed by atoms with Crippen molar-refractivity contribution < 1.29 is 13.6 Å². The quantitative estimate of drug-likeness (QED) is 0.310. The normalized spacial score (nSPS) is 16.8. The molecule has 31 heavy (non-hydrogen) atoms. The van der Waals surface area contributed by atoms with E-state index in [1.165, 1.54) is 5.56 Å². The van der Waals surface area contributed by atoms with E-state index in [0.717, 1.165) is 6.61 Å². The average Bonchev–Trinajstić information content (AvgIpc) is 2.63. The van der Waals surface area contributed by atoms with Crippen LogP contribution >= 0.6 is 0 Å². The molecule has 1 aromatic carbocycles. The number of hydrogen-bond donors (Lipinski definition) is 0. The molecule has 3 nitrogen and oxygen atoms in total. The maximum absolute atomic E-state index is 6.97. The summed E-state index contributed by atoms with van der Waals surface area (Å²) in [5, 5.41) is 0.392. The summed E-state index contributed by atoms with van der Waals surface area (Å²) in [6.07, 6.45) is 0.126. The smallest absolute Gasteiger partial charge is 0.192 e. The lowest BCUT2D eigenvalue weighted by Crippen LogP contribution is -2.49. The molecule has 0 N–H and O–H groups in total. The lowest BCUT2D eigenvalue weighted by Gasteiger charge is -2.44. The van der Waals surface area contributed by atoms with Crippen LogP contribution in [0.3, 0.4) is 0 Å². The number of benzene rings is 1. The summed E-state index contributed by atoms with van der Waals surface area (Å²) in [6, 6.07) is 10.4. The first kappa shape index (κ1) is 28.6. The molecule has 180 valence electrons. The van der Waals surface area contributed by atoms with Gasteiger partial charge in [-0.1, -0.05) is 85.7 Å². The molecule has 0 aliphatic rings. The number of ether oxygens (including phenoxy) is 1. The zero-order valence-electron chi connectivity index (χ0n) is 22.5. The standard InChI is InChI=1S/C26H50O3Si2/c1-21(18-27-20-23-16-14-13-15-17-23)24(29-31(11,12)26(6,7)8)22(2)19-28-30(9,10)25(3,4)5/h13-17,21-22,24H,18-20H2,1-12H3/t21-,22-,24+/m1/s1. The highest BCUT2D eigenvalue weighted by Gasteiger charge is 2.42. The highest BCUT2D eigenvalue weighted by Crippen LogP contribution is 2.40. The van der Waals surface area contributed by atoms with E-state index in [2.05, 4.69) is 106 Å². The summed E-state index contributed by atoms with van der Waals surface area (Å²) in [6.45, 7) is 29.8. The third-order valence-corrected chi connectivity index (χ3v) is 16.3. The summed E-state index contributed by atoms with van der Waals surface area (Å²) in [5.74, 6) is 0.620. The van der Waals surface area contributed by atoms with Gasteiger partial charge in [-0.05, 0) is 41.8 Å². The van der Waals surface area contributed by atoms with E-state index in [1.54, 1.807) is 0 Å². The van der Waals surface area contributed by atoms with Crippen molar-refractivity contribution in [1.82, 2.24) is 0 Å². The van der Waals surface area contributed by atoms with E-state index in [0.29, 0.717) is 25.0 Å². The van der Waals surface area contributed by atoms with E-state index >= 15 is 0 Å². The zero-order chi connectivity index (χ0) is 24.1. The molecule has 0 bridgehead atoms. The number of rotatable bonds is 11. The van der Waals surface area contributed by atoms with E-state index in [9.17, 15) is 0 Å². The van der Waals surface area contributed by atoms with Crippen LogP contribution in [0, 0.1) is 11.8 Å². The molecule has 0 aromatic heterocycles. The van der Waals surface area contributed by atoms with E-state index in [4.69, 9.17) is 13.6 Å². The SMILES string of the molecule is C[C@H](COCc1ccccc1)[C@H](O[Si](C)(C)C(C)(C)C)[C@H](C)CO[Si](C)(C)C(C)(C)C. The minimum atomic E-state index is -1.91. The Morgan fingerprint density at radius 3 is 1.71 bits per heavy atom. The van der Waals surface area contributed by atoms with Gasteiger partial charge in [0.05, 0.1) is 19.3 Å². The van der Waals surface area contributed by atoms with Crippen molar-refractivity contribution in [3.05, 3.63) is 35.9 Å². The predicted molar refractivity (Wildman–Crippen MR) is 140 cm³/mol. The van der Waals surface area contributed by atoms with Crippen LogP contribution in [0.2, 0.25) is 36.3 Å². The fraction of sp³-hybridized carbons (Fsp3) is 0.769. The molecule has 1 rings (SSSR count). The van der Waals surface area contributed by atoms with Crippen molar-refractivity contribution in [2.75, 3.05) is 13.2 Å². The molecule has 1 aromatic rings. The molecule has 0 unspecified atom stereocenters. The Kier molecular flexibility index (Phi) is 10.2. The zero-order valence-corrected chi connectivity index (χ0v) is 24.5. The Hall–Kier alpha value is -0.466. The third kappa shape index (κ3) is 8.77. The lowest BCUT2D eigenvalue weighted by atomic mass is 9.95. The van der Waals surface area contributed by atoms with Gasteiger partial charge in [0, 0.05) is 18.4 Å². The third-order valence-electron chi connectivity index (χ3n) is 7.36. The molecule has 0 saturated carbocycles. The van der Waals surface area contributed by atoms with Crippen LogP contribution in [0.25, 0.3) is 0 Å². The average molecular weight is 467 g/mol. The van der Waals surface area contributed by atoms with Gasteiger partial charge in [0.25, 0.3) is 0 Å². The van der Waals surface area contributed by atoms with Gasteiger partial charge in [-0.15, -0.1) is 0 Å². The van der Waals surface area contributed by atoms with Crippen molar-refractivity contribution in [3.8, 4) is 0 Å². The molecule has 0 radical (unpaired) electrons. The van der Waals surface area contributed by atoms with Gasteiger partial charge >= 0.3 is 0 Å². The first-order valence-electron chi connectivity index (χ1n) is 11.9. The largest absolute Gasteiger partial charge is 0.416 e. The second kappa shape index (κ2) is 11.1. The maximum Gasteiger partial charge on any atom is 0.192 e. The van der Waals surface area contributed by atoms with Crippen molar-refractivity contribution in [1.29, 1.82) is 0 Å². The van der Waals surface area contributed by atoms with Gasteiger partial charge < -0.3 is 13.6 Å². The van der Waals surface area contributed by atoms with E-state index < -0.39 is 16.6 Å². The molecule has 3 atom stereocenters. The fourth-order valence-electron chi connectivity index (χ4n) is 2.99. The summed E-state index contributed by atoms with van der Waals surface area (Å²) < 4.78 is 19.7. The lowest BCUT2D eigenvalue weighted by molar-refractivity contribution is -0.000806. The molecular formula is C26H50O3Si2. The number of hydrogen-bond acceptors (Lipinski definition) is 3. The van der Waals surface area contributed by atoms with Crippen molar-refractivity contribution >= 4 is 16.6 Å². The van der Waals surface area contributed by atoms with Crippen LogP contribution in [-0.2, 0) is 20.2 Å². The topological polar surface area (TPSA) is 27.7 Å². The van der Waals surface area contributed by atoms with Crippen LogP contribution in [0.15, 0.2) is 30.3 Å². The van der Waals surface area contributed by atoms with Gasteiger partial charge in [-0.3, -0.25) is 0 Å². The minimum absolute atomic E-state index is 0.126. The Balaban J connectivity index is 2.88. The Labute approximate surface area is 195 Å². The molecule has 0 fully saturated rings. The summed E-state index contributed by atoms with van der Waals surface area (Å²) in [5.41, 5.74) is 1.21. The van der Waals surface area contributed by atoms with Crippen molar-refractivity contribution in [3.63, 3.8) is 0 Å². The second-order valence-corrected chi connectivity index (χ2v) is 21.9. The maximum atomic E-state index is 6.97. The Bertz CT molecular complexity index is 645. The summed E-state index contributed by atoms with van der Waals surface area (Å²) in [7, 11) is -3.70. The molecule has 0 spiro atoms. The van der Waals surface area contributed by atoms with Crippen LogP contribution in [-0.4, -0.2) is 36.0 Å². The molecule has 0 aliphatic heterocycles. The molecule has 0 saturated heterocycles. The second-order valence-electron chi connectivity index (χ2n) is 12.4. The van der Waals surface area contributed by atoms with Gasteiger partial charge in [0.2, 0.25) is 0 Å². The van der Waals surface area contributed by atoms with Gasteiger partial charge in [-0.25, -0.2) is 0 Å². The van der Waals surface area contributed by atoms with Crippen molar-refractivity contribution in [2.24, 2.45) is 11.8 Å². The molecular weight excluding hydrogens is 416 g/mol. The van der Waals surface area contributed by atoms with Gasteiger partial charge in [0.15, 0.2) is 16.6 Å². The first-order valence-corrected chi connectivity index (χ1v) is 17.7. The first-order chi connectivity index (χ1) is 14.0. The monoisotopic (exact) mass is 466 g/mol. The van der Waals surface area contributed by atoms with Crippen LogP contribution in [0.1, 0.15) is 61.0 Å². The van der Waals surface area contributed by atoms with Gasteiger partial charge in [0.1, 0.15) is 0 Å². The Morgan fingerprint density at radius 2 is 1.23 bits per heavy atom. The fourth-order valence-corrected chi connectivity index (χ4v) is 5.60.